The second-order valence-corrected chi connectivity index (χ2v) is 5.22. The smallest absolute Gasteiger partial charge is 0.227 e. The van der Waals surface area contributed by atoms with E-state index in [1.54, 1.807) is 18.3 Å². The quantitative estimate of drug-likeness (QED) is 0.692. The molecule has 2 heterocycles. The van der Waals surface area contributed by atoms with E-state index in [1.807, 2.05) is 13.0 Å². The van der Waals surface area contributed by atoms with Gasteiger partial charge in [-0.05, 0) is 24.6 Å². The SMILES string of the molecule is Cc1cc(N/N=C\c2cccc(F)c2)nc(N2CCOCC2)n1. The van der Waals surface area contributed by atoms with Gasteiger partial charge in [-0.2, -0.15) is 10.1 Å². The third-order valence-electron chi connectivity index (χ3n) is 3.38. The molecule has 3 rings (SSSR count). The zero-order valence-electron chi connectivity index (χ0n) is 12.9. The summed E-state index contributed by atoms with van der Waals surface area (Å²) in [5, 5.41) is 4.11. The van der Waals surface area contributed by atoms with Crippen molar-refractivity contribution in [2.45, 2.75) is 6.92 Å². The average molecular weight is 315 g/mol. The molecule has 0 amide bonds. The molecule has 0 unspecified atom stereocenters. The summed E-state index contributed by atoms with van der Waals surface area (Å²) in [6.07, 6.45) is 1.55. The van der Waals surface area contributed by atoms with E-state index in [-0.39, 0.29) is 5.82 Å². The van der Waals surface area contributed by atoms with Gasteiger partial charge in [0, 0.05) is 24.8 Å². The first-order valence-electron chi connectivity index (χ1n) is 7.44. The fourth-order valence-corrected chi connectivity index (χ4v) is 2.27. The second-order valence-electron chi connectivity index (χ2n) is 5.22. The van der Waals surface area contributed by atoms with Crippen molar-refractivity contribution in [3.05, 3.63) is 47.4 Å². The Morgan fingerprint density at radius 3 is 2.87 bits per heavy atom. The highest BCUT2D eigenvalue weighted by atomic mass is 19.1. The first-order valence-corrected chi connectivity index (χ1v) is 7.44. The summed E-state index contributed by atoms with van der Waals surface area (Å²) in [6, 6.07) is 8.04. The molecule has 1 fully saturated rings. The van der Waals surface area contributed by atoms with Crippen molar-refractivity contribution in [1.82, 2.24) is 9.97 Å². The summed E-state index contributed by atoms with van der Waals surface area (Å²) in [6.45, 7) is 4.81. The van der Waals surface area contributed by atoms with Crippen LogP contribution in [0.1, 0.15) is 11.3 Å². The first-order chi connectivity index (χ1) is 11.2. The maximum Gasteiger partial charge on any atom is 0.227 e. The number of halogens is 1. The first kappa shape index (κ1) is 15.4. The van der Waals surface area contributed by atoms with Crippen molar-refractivity contribution in [2.24, 2.45) is 5.10 Å². The van der Waals surface area contributed by atoms with Crippen LogP contribution in [0, 0.1) is 12.7 Å². The number of anilines is 2. The molecule has 120 valence electrons. The lowest BCUT2D eigenvalue weighted by Gasteiger charge is -2.27. The molecule has 2 aromatic rings. The molecule has 0 atom stereocenters. The van der Waals surface area contributed by atoms with Crippen molar-refractivity contribution >= 4 is 18.0 Å². The summed E-state index contributed by atoms with van der Waals surface area (Å²) in [5.41, 5.74) is 4.40. The molecular formula is C16H18FN5O. The predicted octanol–water partition coefficient (Wildman–Crippen LogP) is 2.21. The Labute approximate surface area is 134 Å². The Morgan fingerprint density at radius 2 is 2.09 bits per heavy atom. The van der Waals surface area contributed by atoms with Gasteiger partial charge in [0.1, 0.15) is 5.82 Å². The van der Waals surface area contributed by atoms with E-state index < -0.39 is 0 Å². The molecule has 1 aromatic carbocycles. The maximum absolute atomic E-state index is 13.1. The molecule has 1 aliphatic heterocycles. The number of nitrogens with one attached hydrogen (secondary N) is 1. The fourth-order valence-electron chi connectivity index (χ4n) is 2.27. The number of hydrogen-bond acceptors (Lipinski definition) is 6. The van der Waals surface area contributed by atoms with Crippen LogP contribution in [0.15, 0.2) is 35.4 Å². The number of benzene rings is 1. The highest BCUT2D eigenvalue weighted by Crippen LogP contribution is 2.15. The van der Waals surface area contributed by atoms with E-state index in [0.29, 0.717) is 30.5 Å². The van der Waals surface area contributed by atoms with Crippen LogP contribution in [-0.2, 0) is 4.74 Å². The van der Waals surface area contributed by atoms with Crippen molar-refractivity contribution in [3.8, 4) is 0 Å². The minimum Gasteiger partial charge on any atom is -0.378 e. The maximum atomic E-state index is 13.1. The van der Waals surface area contributed by atoms with E-state index in [1.165, 1.54) is 12.1 Å². The number of aromatic nitrogens is 2. The number of rotatable bonds is 4. The normalized spacial score (nSPS) is 15.1. The standard InChI is InChI=1S/C16H18FN5O/c1-12-9-15(20-16(19-12)22-5-7-23-8-6-22)21-18-11-13-3-2-4-14(17)10-13/h2-4,9-11H,5-8H2,1H3,(H,19,20,21)/b18-11-. The summed E-state index contributed by atoms with van der Waals surface area (Å²) >= 11 is 0. The zero-order valence-corrected chi connectivity index (χ0v) is 12.9. The molecular weight excluding hydrogens is 297 g/mol. The molecule has 0 aliphatic carbocycles. The van der Waals surface area contributed by atoms with Crippen molar-refractivity contribution < 1.29 is 9.13 Å². The molecule has 0 bridgehead atoms. The van der Waals surface area contributed by atoms with E-state index in [2.05, 4.69) is 25.4 Å². The second kappa shape index (κ2) is 7.15. The van der Waals surface area contributed by atoms with Crippen LogP contribution in [0.25, 0.3) is 0 Å². The number of aryl methyl sites for hydroxylation is 1. The number of ether oxygens (including phenoxy) is 1. The Morgan fingerprint density at radius 1 is 1.26 bits per heavy atom. The van der Waals surface area contributed by atoms with Crippen LogP contribution in [-0.4, -0.2) is 42.5 Å². The molecule has 7 heteroatoms. The van der Waals surface area contributed by atoms with Crippen LogP contribution in [0.3, 0.4) is 0 Å². The molecule has 1 aromatic heterocycles. The molecule has 0 saturated carbocycles. The number of hydrazone groups is 1. The topological polar surface area (TPSA) is 62.6 Å². The van der Waals surface area contributed by atoms with Crippen molar-refractivity contribution in [1.29, 1.82) is 0 Å². The lowest BCUT2D eigenvalue weighted by molar-refractivity contribution is 0.122. The third-order valence-corrected chi connectivity index (χ3v) is 3.38. The summed E-state index contributed by atoms with van der Waals surface area (Å²) < 4.78 is 18.4. The van der Waals surface area contributed by atoms with Crippen LogP contribution in [0.5, 0.6) is 0 Å². The minimum absolute atomic E-state index is 0.290. The molecule has 6 nitrogen and oxygen atoms in total. The van der Waals surface area contributed by atoms with E-state index >= 15 is 0 Å². The van der Waals surface area contributed by atoms with Gasteiger partial charge in [-0.25, -0.2) is 9.37 Å². The molecule has 1 aliphatic rings. The number of morpholine rings is 1. The minimum atomic E-state index is -0.290. The van der Waals surface area contributed by atoms with Crippen LogP contribution in [0.2, 0.25) is 0 Å². The van der Waals surface area contributed by atoms with Gasteiger partial charge in [-0.3, -0.25) is 5.43 Å². The number of hydrogen-bond donors (Lipinski definition) is 1. The van der Waals surface area contributed by atoms with E-state index in [0.717, 1.165) is 18.8 Å². The van der Waals surface area contributed by atoms with Gasteiger partial charge in [0.2, 0.25) is 5.95 Å². The van der Waals surface area contributed by atoms with Gasteiger partial charge < -0.3 is 9.64 Å². The van der Waals surface area contributed by atoms with Gasteiger partial charge >= 0.3 is 0 Å². The molecule has 0 radical (unpaired) electrons. The van der Waals surface area contributed by atoms with Crippen LogP contribution in [0.4, 0.5) is 16.2 Å². The van der Waals surface area contributed by atoms with Crippen molar-refractivity contribution in [3.63, 3.8) is 0 Å². The summed E-state index contributed by atoms with van der Waals surface area (Å²) in [7, 11) is 0. The Balaban J connectivity index is 1.71. The number of nitrogens with zero attached hydrogens (tertiary/aromatic N) is 4. The van der Waals surface area contributed by atoms with Crippen molar-refractivity contribution in [2.75, 3.05) is 36.6 Å². The summed E-state index contributed by atoms with van der Waals surface area (Å²) in [4.78, 5) is 11.0. The monoisotopic (exact) mass is 315 g/mol. The largest absolute Gasteiger partial charge is 0.378 e. The molecule has 0 spiro atoms. The summed E-state index contributed by atoms with van der Waals surface area (Å²) in [5.74, 6) is 0.977. The Bertz CT molecular complexity index is 701. The van der Waals surface area contributed by atoms with Gasteiger partial charge in [0.05, 0.1) is 19.4 Å². The van der Waals surface area contributed by atoms with Gasteiger partial charge in [-0.15, -0.1) is 0 Å². The Kier molecular flexibility index (Phi) is 4.77. The van der Waals surface area contributed by atoms with Gasteiger partial charge in [-0.1, -0.05) is 12.1 Å². The Hall–Kier alpha value is -2.54. The lowest BCUT2D eigenvalue weighted by Crippen LogP contribution is -2.37. The predicted molar refractivity (Wildman–Crippen MR) is 87.4 cm³/mol. The van der Waals surface area contributed by atoms with Crippen LogP contribution < -0.4 is 10.3 Å². The van der Waals surface area contributed by atoms with Gasteiger partial charge in [0.25, 0.3) is 0 Å². The van der Waals surface area contributed by atoms with Gasteiger partial charge in [0.15, 0.2) is 5.82 Å². The van der Waals surface area contributed by atoms with E-state index in [9.17, 15) is 4.39 Å². The fraction of sp³-hybridized carbons (Fsp3) is 0.312. The molecule has 1 N–H and O–H groups in total. The average Bonchev–Trinajstić information content (AvgIpc) is 2.55. The zero-order chi connectivity index (χ0) is 16.1. The van der Waals surface area contributed by atoms with E-state index in [4.69, 9.17) is 4.74 Å². The lowest BCUT2D eigenvalue weighted by atomic mass is 10.2. The highest BCUT2D eigenvalue weighted by Gasteiger charge is 2.14. The highest BCUT2D eigenvalue weighted by molar-refractivity contribution is 5.80. The third kappa shape index (κ3) is 4.23. The molecule has 23 heavy (non-hydrogen) atoms. The van der Waals surface area contributed by atoms with Crippen LogP contribution >= 0.6 is 0 Å². The molecule has 1 saturated heterocycles.